The van der Waals surface area contributed by atoms with Crippen LogP contribution >= 0.6 is 12.4 Å². The quantitative estimate of drug-likeness (QED) is 0.106. The van der Waals surface area contributed by atoms with Gasteiger partial charge in [0.25, 0.3) is 0 Å². The molecule has 0 aromatic heterocycles. The van der Waals surface area contributed by atoms with E-state index in [2.05, 4.69) is 35.2 Å². The third kappa shape index (κ3) is 8.52. The van der Waals surface area contributed by atoms with Crippen molar-refractivity contribution in [3.8, 4) is 0 Å². The lowest BCUT2D eigenvalue weighted by Crippen LogP contribution is -2.37. The number of nitrogens with one attached hydrogen (secondary N) is 1. The molecule has 45 heavy (non-hydrogen) atoms. The molecule has 0 aliphatic carbocycles. The van der Waals surface area contributed by atoms with Crippen LogP contribution in [0.3, 0.4) is 0 Å². The van der Waals surface area contributed by atoms with Gasteiger partial charge in [0.15, 0.2) is 0 Å². The third-order valence-electron chi connectivity index (χ3n) is 8.17. The van der Waals surface area contributed by atoms with Crippen molar-refractivity contribution in [2.75, 3.05) is 36.0 Å². The van der Waals surface area contributed by atoms with Crippen LogP contribution in [-0.2, 0) is 27.2 Å². The number of aryl methyl sites for hydroxylation is 2. The minimum absolute atomic E-state index is 0. The first-order valence-electron chi connectivity index (χ1n) is 15.3. The Morgan fingerprint density at radius 2 is 1.58 bits per heavy atom. The van der Waals surface area contributed by atoms with E-state index in [9.17, 15) is 9.59 Å². The van der Waals surface area contributed by atoms with Gasteiger partial charge < -0.3 is 20.3 Å². The van der Waals surface area contributed by atoms with Gasteiger partial charge in [0.1, 0.15) is 12.4 Å². The highest BCUT2D eigenvalue weighted by molar-refractivity contribution is 5.96. The molecule has 1 amide bonds. The normalized spacial score (nSPS) is 12.2. The lowest BCUT2D eigenvalue weighted by molar-refractivity contribution is -0.141. The molecule has 1 aliphatic heterocycles. The van der Waals surface area contributed by atoms with E-state index in [1.54, 1.807) is 0 Å². The maximum Gasteiger partial charge on any atom is 0.325 e. The van der Waals surface area contributed by atoms with Crippen molar-refractivity contribution in [1.82, 2.24) is 0 Å². The average molecular weight is 625 g/mol. The van der Waals surface area contributed by atoms with Crippen LogP contribution in [0.5, 0.6) is 0 Å². The Balaban J connectivity index is 0.00000461. The number of carbonyl (C=O) groups excluding carboxylic acids is 2. The molecule has 1 aliphatic rings. The second-order valence-electron chi connectivity index (χ2n) is 11.1. The summed E-state index contributed by atoms with van der Waals surface area (Å²) in [7, 11) is 0. The van der Waals surface area contributed by atoms with Gasteiger partial charge in [-0.05, 0) is 66.6 Å². The van der Waals surface area contributed by atoms with Crippen LogP contribution in [0.1, 0.15) is 53.5 Å². The van der Waals surface area contributed by atoms with Crippen molar-refractivity contribution in [3.05, 3.63) is 131 Å². The lowest BCUT2D eigenvalue weighted by Gasteiger charge is -2.33. The summed E-state index contributed by atoms with van der Waals surface area (Å²) >= 11 is 0. The summed E-state index contributed by atoms with van der Waals surface area (Å²) in [4.78, 5) is 30.2. The fraction of sp³-hybridized carbons (Fsp3) is 0.270. The van der Waals surface area contributed by atoms with Crippen molar-refractivity contribution in [1.29, 1.82) is 5.41 Å². The maximum atomic E-state index is 13.4. The number of nitrogens with zero attached hydrogens (tertiary/aromatic N) is 2. The summed E-state index contributed by atoms with van der Waals surface area (Å²) in [6.45, 7) is 3.57. The number of esters is 1. The van der Waals surface area contributed by atoms with Crippen molar-refractivity contribution in [2.45, 2.75) is 38.5 Å². The van der Waals surface area contributed by atoms with E-state index in [1.807, 2.05) is 84.6 Å². The molecule has 5 rings (SSSR count). The van der Waals surface area contributed by atoms with Crippen LogP contribution in [0, 0.1) is 5.41 Å². The van der Waals surface area contributed by atoms with Gasteiger partial charge in [0.2, 0.25) is 5.91 Å². The van der Waals surface area contributed by atoms with E-state index in [-0.39, 0.29) is 42.6 Å². The Labute approximate surface area is 271 Å². The van der Waals surface area contributed by atoms with Crippen LogP contribution in [-0.4, -0.2) is 44.0 Å². The zero-order valence-corrected chi connectivity index (χ0v) is 26.5. The molecule has 0 bridgehead atoms. The zero-order chi connectivity index (χ0) is 30.9. The van der Waals surface area contributed by atoms with E-state index in [0.717, 1.165) is 35.3 Å². The van der Waals surface area contributed by atoms with Gasteiger partial charge in [-0.25, -0.2) is 0 Å². The summed E-state index contributed by atoms with van der Waals surface area (Å²) in [6.07, 6.45) is 2.76. The third-order valence-corrected chi connectivity index (χ3v) is 8.17. The number of hydrogen-bond donors (Lipinski definition) is 2. The highest BCUT2D eigenvalue weighted by Crippen LogP contribution is 2.34. The van der Waals surface area contributed by atoms with E-state index in [1.165, 1.54) is 11.1 Å². The summed E-state index contributed by atoms with van der Waals surface area (Å²) in [6, 6.07) is 34.5. The van der Waals surface area contributed by atoms with Gasteiger partial charge in [0, 0.05) is 42.4 Å². The summed E-state index contributed by atoms with van der Waals surface area (Å²) < 4.78 is 5.38. The topological polar surface area (TPSA) is 99.7 Å². The molecule has 234 valence electrons. The number of anilines is 2. The van der Waals surface area contributed by atoms with E-state index in [0.29, 0.717) is 38.1 Å². The van der Waals surface area contributed by atoms with Gasteiger partial charge in [-0.15, -0.1) is 12.4 Å². The molecule has 0 atom stereocenters. The van der Waals surface area contributed by atoms with Gasteiger partial charge in [-0.3, -0.25) is 15.0 Å². The Morgan fingerprint density at radius 1 is 0.933 bits per heavy atom. The fourth-order valence-electron chi connectivity index (χ4n) is 5.89. The number of hydrogen-bond acceptors (Lipinski definition) is 5. The lowest BCUT2D eigenvalue weighted by atomic mass is 9.90. The van der Waals surface area contributed by atoms with Gasteiger partial charge in [-0.1, -0.05) is 84.9 Å². The molecule has 0 saturated carbocycles. The van der Waals surface area contributed by atoms with Crippen LogP contribution in [0.15, 0.2) is 103 Å². The summed E-state index contributed by atoms with van der Waals surface area (Å²) in [5.41, 5.74) is 12.6. The predicted molar refractivity (Wildman–Crippen MR) is 184 cm³/mol. The number of carbonyl (C=O) groups is 2. The molecule has 4 aromatic carbocycles. The first kappa shape index (κ1) is 33.3. The number of amides is 1. The molecule has 4 aromatic rings. The zero-order valence-electron chi connectivity index (χ0n) is 25.7. The SMILES string of the molecule is CCOC(=O)CN(CC(c1ccccc1)c1ccccc1)c1ccc2c(c1)CCCN2C(=O)CCc1ccc(C(=N)N)cc1.Cl. The first-order chi connectivity index (χ1) is 21.4. The number of halogens is 1. The Morgan fingerprint density at radius 3 is 2.18 bits per heavy atom. The molecule has 1 heterocycles. The number of amidine groups is 1. The van der Waals surface area contributed by atoms with E-state index in [4.69, 9.17) is 15.9 Å². The average Bonchev–Trinajstić information content (AvgIpc) is 3.06. The first-order valence-corrected chi connectivity index (χ1v) is 15.3. The second kappa shape index (κ2) is 15.9. The number of ether oxygens (including phenoxy) is 1. The Bertz CT molecular complexity index is 1540. The molecule has 3 N–H and O–H groups in total. The van der Waals surface area contributed by atoms with E-state index < -0.39 is 0 Å². The standard InChI is InChI=1S/C37H40N4O3.ClH/c1-2-44-36(43)26-40(25-33(28-10-5-3-6-11-28)29-12-7-4-8-13-29)32-20-21-34-31(24-32)14-9-23-41(34)35(42)22-17-27-15-18-30(19-16-27)37(38)39;/h3-8,10-13,15-16,18-21,24,33H,2,9,14,17,22-23,25-26H2,1H3,(H3,38,39);1H. The second-order valence-corrected chi connectivity index (χ2v) is 11.1. The summed E-state index contributed by atoms with van der Waals surface area (Å²) in [5, 5.41) is 7.58. The molecule has 0 saturated heterocycles. The molecule has 0 radical (unpaired) electrons. The van der Waals surface area contributed by atoms with Crippen molar-refractivity contribution < 1.29 is 14.3 Å². The highest BCUT2D eigenvalue weighted by atomic mass is 35.5. The molecular weight excluding hydrogens is 584 g/mol. The van der Waals surface area contributed by atoms with Crippen LogP contribution in [0.25, 0.3) is 0 Å². The number of fused-ring (bicyclic) bond motifs is 1. The predicted octanol–water partition coefficient (Wildman–Crippen LogP) is 6.51. The minimum atomic E-state index is -0.266. The van der Waals surface area contributed by atoms with Crippen LogP contribution in [0.2, 0.25) is 0 Å². The Hall–Kier alpha value is -4.62. The van der Waals surface area contributed by atoms with Crippen LogP contribution < -0.4 is 15.5 Å². The molecular formula is C37H41ClN4O3. The Kier molecular flexibility index (Phi) is 11.8. The molecule has 0 unspecified atom stereocenters. The molecule has 0 spiro atoms. The van der Waals surface area contributed by atoms with Crippen molar-refractivity contribution in [2.24, 2.45) is 5.73 Å². The number of benzene rings is 4. The number of nitrogen functional groups attached to an aromatic ring is 1. The van der Waals surface area contributed by atoms with Gasteiger partial charge in [0.05, 0.1) is 6.61 Å². The number of rotatable bonds is 12. The smallest absolute Gasteiger partial charge is 0.325 e. The van der Waals surface area contributed by atoms with Crippen molar-refractivity contribution in [3.63, 3.8) is 0 Å². The van der Waals surface area contributed by atoms with Gasteiger partial charge >= 0.3 is 5.97 Å². The number of nitrogens with two attached hydrogens (primary N) is 1. The summed E-state index contributed by atoms with van der Waals surface area (Å²) in [5.74, 6) is -0.0944. The fourth-order valence-corrected chi connectivity index (χ4v) is 5.89. The largest absolute Gasteiger partial charge is 0.465 e. The monoisotopic (exact) mass is 624 g/mol. The van der Waals surface area contributed by atoms with Gasteiger partial charge in [-0.2, -0.15) is 0 Å². The minimum Gasteiger partial charge on any atom is -0.465 e. The molecule has 0 fully saturated rings. The maximum absolute atomic E-state index is 13.4. The van der Waals surface area contributed by atoms with Crippen molar-refractivity contribution >= 4 is 41.5 Å². The molecule has 8 heteroatoms. The van der Waals surface area contributed by atoms with Crippen LogP contribution in [0.4, 0.5) is 11.4 Å². The molecule has 7 nitrogen and oxygen atoms in total. The highest BCUT2D eigenvalue weighted by Gasteiger charge is 2.26. The van der Waals surface area contributed by atoms with E-state index >= 15 is 0 Å².